The molecule has 114 valence electrons. The van der Waals surface area contributed by atoms with E-state index in [2.05, 4.69) is 0 Å². The van der Waals surface area contributed by atoms with Gasteiger partial charge in [-0.15, -0.1) is 11.3 Å². The second-order valence-electron chi connectivity index (χ2n) is 4.37. The molecule has 2 rings (SSSR count). The molecule has 0 aliphatic carbocycles. The molecule has 5 nitrogen and oxygen atoms in total. The maximum absolute atomic E-state index is 12.4. The predicted octanol–water partition coefficient (Wildman–Crippen LogP) is 2.59. The highest BCUT2D eigenvalue weighted by Gasteiger charge is 2.23. The second kappa shape index (κ2) is 6.46. The average molecular weight is 327 g/mol. The van der Waals surface area contributed by atoms with Gasteiger partial charge in [-0.3, -0.25) is 0 Å². The Morgan fingerprint density at radius 1 is 1.19 bits per heavy atom. The average Bonchev–Trinajstić information content (AvgIpc) is 3.02. The zero-order chi connectivity index (χ0) is 15.5. The molecule has 2 aromatic rings. The minimum Gasteiger partial charge on any atom is -0.497 e. The molecule has 0 spiro atoms. The summed E-state index contributed by atoms with van der Waals surface area (Å²) in [5.41, 5.74) is 0.750. The normalized spacial score (nSPS) is 11.6. The Kier molecular flexibility index (Phi) is 4.87. The van der Waals surface area contributed by atoms with Crippen molar-refractivity contribution in [2.75, 3.05) is 21.3 Å². The van der Waals surface area contributed by atoms with Crippen LogP contribution in [0.15, 0.2) is 39.9 Å². The van der Waals surface area contributed by atoms with Crippen molar-refractivity contribution in [3.05, 3.63) is 41.3 Å². The molecule has 0 saturated heterocycles. The molecule has 0 aliphatic rings. The van der Waals surface area contributed by atoms with Gasteiger partial charge in [-0.1, -0.05) is 6.07 Å². The second-order valence-corrected chi connectivity index (χ2v) is 7.59. The van der Waals surface area contributed by atoms with Gasteiger partial charge < -0.3 is 9.47 Å². The van der Waals surface area contributed by atoms with E-state index in [1.807, 2.05) is 0 Å². The number of hydrogen-bond donors (Lipinski definition) is 0. The fourth-order valence-corrected chi connectivity index (χ4v) is 4.24. The van der Waals surface area contributed by atoms with Crippen LogP contribution in [0, 0.1) is 0 Å². The van der Waals surface area contributed by atoms with E-state index in [1.165, 1.54) is 15.6 Å². The van der Waals surface area contributed by atoms with Crippen molar-refractivity contribution in [3.8, 4) is 11.5 Å². The molecule has 0 N–H and O–H groups in total. The first-order valence-corrected chi connectivity index (χ1v) is 8.51. The van der Waals surface area contributed by atoms with Crippen molar-refractivity contribution in [1.82, 2.24) is 4.31 Å². The van der Waals surface area contributed by atoms with Gasteiger partial charge in [0.1, 0.15) is 15.7 Å². The Balaban J connectivity index is 2.29. The lowest BCUT2D eigenvalue weighted by molar-refractivity contribution is 0.389. The van der Waals surface area contributed by atoms with Crippen molar-refractivity contribution in [1.29, 1.82) is 0 Å². The minimum atomic E-state index is -3.48. The van der Waals surface area contributed by atoms with Crippen LogP contribution in [0.2, 0.25) is 0 Å². The largest absolute Gasteiger partial charge is 0.497 e. The van der Waals surface area contributed by atoms with E-state index in [0.717, 1.165) is 5.56 Å². The predicted molar refractivity (Wildman–Crippen MR) is 82.5 cm³/mol. The summed E-state index contributed by atoms with van der Waals surface area (Å²) in [7, 11) is 1.19. The van der Waals surface area contributed by atoms with E-state index < -0.39 is 10.0 Å². The van der Waals surface area contributed by atoms with E-state index in [-0.39, 0.29) is 6.54 Å². The van der Waals surface area contributed by atoms with Gasteiger partial charge >= 0.3 is 0 Å². The molecule has 0 bridgehead atoms. The molecule has 1 aromatic heterocycles. The number of sulfonamides is 1. The number of nitrogens with zero attached hydrogens (tertiary/aromatic N) is 1. The van der Waals surface area contributed by atoms with E-state index in [9.17, 15) is 8.42 Å². The SMILES string of the molecule is COc1ccc(OC)c(CN(C)S(=O)(=O)c2cccs2)c1. The molecule has 0 radical (unpaired) electrons. The molecule has 1 heterocycles. The van der Waals surface area contributed by atoms with Crippen LogP contribution in [-0.4, -0.2) is 34.0 Å². The van der Waals surface area contributed by atoms with Crippen LogP contribution in [0.1, 0.15) is 5.56 Å². The Bertz CT molecular complexity index is 696. The summed E-state index contributed by atoms with van der Waals surface area (Å²) in [6.07, 6.45) is 0. The molecule has 0 amide bonds. The van der Waals surface area contributed by atoms with Crippen LogP contribution in [-0.2, 0) is 16.6 Å². The number of ether oxygens (including phenoxy) is 2. The molecule has 0 aliphatic heterocycles. The summed E-state index contributed by atoms with van der Waals surface area (Å²) in [6.45, 7) is 0.209. The van der Waals surface area contributed by atoms with Crippen LogP contribution >= 0.6 is 11.3 Å². The standard InChI is InChI=1S/C14H17NO4S2/c1-15(21(16,17)14-5-4-8-20-14)10-11-9-12(18-2)6-7-13(11)19-3/h4-9H,10H2,1-3H3. The van der Waals surface area contributed by atoms with Gasteiger partial charge in [0, 0.05) is 19.2 Å². The number of thiophene rings is 1. The summed E-state index contributed by atoms with van der Waals surface area (Å²) >= 11 is 1.20. The molecule has 0 fully saturated rings. The molecule has 0 saturated carbocycles. The highest BCUT2D eigenvalue weighted by atomic mass is 32.2. The van der Waals surface area contributed by atoms with Crippen molar-refractivity contribution >= 4 is 21.4 Å². The van der Waals surface area contributed by atoms with Gasteiger partial charge in [0.25, 0.3) is 10.0 Å². The lowest BCUT2D eigenvalue weighted by atomic mass is 10.2. The Morgan fingerprint density at radius 3 is 2.52 bits per heavy atom. The quantitative estimate of drug-likeness (QED) is 0.818. The van der Waals surface area contributed by atoms with Crippen molar-refractivity contribution in [2.45, 2.75) is 10.8 Å². The lowest BCUT2D eigenvalue weighted by Gasteiger charge is -2.18. The van der Waals surface area contributed by atoms with Gasteiger partial charge in [0.2, 0.25) is 0 Å². The summed E-state index contributed by atoms with van der Waals surface area (Å²) < 4.78 is 36.9. The fourth-order valence-electron chi connectivity index (χ4n) is 1.89. The maximum atomic E-state index is 12.4. The van der Waals surface area contributed by atoms with Gasteiger partial charge in [0.05, 0.1) is 14.2 Å². The number of hydrogen-bond acceptors (Lipinski definition) is 5. The molecular formula is C14H17NO4S2. The smallest absolute Gasteiger partial charge is 0.252 e. The molecule has 0 atom stereocenters. The van der Waals surface area contributed by atoms with E-state index in [1.54, 1.807) is 57.0 Å². The summed E-state index contributed by atoms with van der Waals surface area (Å²) in [6, 6.07) is 8.63. The Labute approximate surface area is 128 Å². The first kappa shape index (κ1) is 15.8. The van der Waals surface area contributed by atoms with Gasteiger partial charge in [-0.25, -0.2) is 8.42 Å². The van der Waals surface area contributed by atoms with Crippen molar-refractivity contribution in [3.63, 3.8) is 0 Å². The molecular weight excluding hydrogens is 310 g/mol. The highest BCUT2D eigenvalue weighted by Crippen LogP contribution is 2.27. The first-order chi connectivity index (χ1) is 9.98. The van der Waals surface area contributed by atoms with E-state index >= 15 is 0 Å². The third-order valence-corrected chi connectivity index (χ3v) is 6.22. The summed E-state index contributed by atoms with van der Waals surface area (Å²) in [5, 5.41) is 1.74. The van der Waals surface area contributed by atoms with Gasteiger partial charge in [-0.2, -0.15) is 4.31 Å². The zero-order valence-corrected chi connectivity index (χ0v) is 13.7. The van der Waals surface area contributed by atoms with Crippen LogP contribution in [0.25, 0.3) is 0 Å². The lowest BCUT2D eigenvalue weighted by Crippen LogP contribution is -2.26. The number of benzene rings is 1. The van der Waals surface area contributed by atoms with E-state index in [0.29, 0.717) is 15.7 Å². The van der Waals surface area contributed by atoms with Gasteiger partial charge in [-0.05, 0) is 29.6 Å². The maximum Gasteiger partial charge on any atom is 0.252 e. The van der Waals surface area contributed by atoms with Gasteiger partial charge in [0.15, 0.2) is 0 Å². The molecule has 1 aromatic carbocycles. The van der Waals surface area contributed by atoms with Crippen LogP contribution in [0.4, 0.5) is 0 Å². The fraction of sp³-hybridized carbons (Fsp3) is 0.286. The topological polar surface area (TPSA) is 55.8 Å². The molecule has 7 heteroatoms. The molecule has 0 unspecified atom stereocenters. The third kappa shape index (κ3) is 3.37. The number of rotatable bonds is 6. The Hall–Kier alpha value is -1.57. The van der Waals surface area contributed by atoms with Crippen LogP contribution < -0.4 is 9.47 Å². The zero-order valence-electron chi connectivity index (χ0n) is 12.1. The summed E-state index contributed by atoms with van der Waals surface area (Å²) in [5.74, 6) is 1.29. The number of methoxy groups -OCH3 is 2. The summed E-state index contributed by atoms with van der Waals surface area (Å²) in [4.78, 5) is 0. The van der Waals surface area contributed by atoms with Crippen LogP contribution in [0.3, 0.4) is 0 Å². The van der Waals surface area contributed by atoms with Crippen LogP contribution in [0.5, 0.6) is 11.5 Å². The van der Waals surface area contributed by atoms with Crippen molar-refractivity contribution in [2.24, 2.45) is 0 Å². The molecule has 21 heavy (non-hydrogen) atoms. The minimum absolute atomic E-state index is 0.209. The van der Waals surface area contributed by atoms with Crippen molar-refractivity contribution < 1.29 is 17.9 Å². The third-order valence-electron chi connectivity index (χ3n) is 3.04. The van der Waals surface area contributed by atoms with E-state index in [4.69, 9.17) is 9.47 Å². The monoisotopic (exact) mass is 327 g/mol. The first-order valence-electron chi connectivity index (χ1n) is 6.19. The highest BCUT2D eigenvalue weighted by molar-refractivity contribution is 7.91. The Morgan fingerprint density at radius 2 is 1.95 bits per heavy atom.